The van der Waals surface area contributed by atoms with E-state index in [4.69, 9.17) is 5.11 Å². The average molecular weight is 280 g/mol. The summed E-state index contributed by atoms with van der Waals surface area (Å²) in [6, 6.07) is -0.220. The van der Waals surface area contributed by atoms with E-state index in [1.54, 1.807) is 4.90 Å². The monoisotopic (exact) mass is 280 g/mol. The van der Waals surface area contributed by atoms with Gasteiger partial charge in [-0.3, -0.25) is 14.5 Å². The second-order valence-electron chi connectivity index (χ2n) is 5.04. The fourth-order valence-corrected chi connectivity index (χ4v) is 3.03. The Kier molecular flexibility index (Phi) is 3.71. The number of hydrogen-bond acceptors (Lipinski definition) is 3. The van der Waals surface area contributed by atoms with E-state index in [-0.39, 0.29) is 18.6 Å². The second kappa shape index (κ2) is 4.99. The maximum atomic E-state index is 12.0. The lowest BCUT2D eigenvalue weighted by atomic mass is 9.89. The number of aliphatic carboxylic acids is 1. The minimum atomic E-state index is -4.43. The molecule has 5 nitrogen and oxygen atoms in total. The van der Waals surface area contributed by atoms with Crippen LogP contribution in [0.2, 0.25) is 0 Å². The number of carbonyl (C=O) groups is 2. The van der Waals surface area contributed by atoms with Crippen molar-refractivity contribution < 1.29 is 27.9 Å². The molecule has 0 spiro atoms. The van der Waals surface area contributed by atoms with Gasteiger partial charge < -0.3 is 10.4 Å². The molecule has 0 radical (unpaired) electrons. The fourth-order valence-electron chi connectivity index (χ4n) is 3.03. The number of carbonyl (C=O) groups excluding carboxylic acids is 1. The van der Waals surface area contributed by atoms with Crippen molar-refractivity contribution in [2.45, 2.75) is 37.5 Å². The van der Waals surface area contributed by atoms with Crippen LogP contribution in [0.3, 0.4) is 0 Å². The van der Waals surface area contributed by atoms with Gasteiger partial charge in [0.05, 0.1) is 12.5 Å². The van der Waals surface area contributed by atoms with Gasteiger partial charge in [0.2, 0.25) is 5.91 Å². The third kappa shape index (κ3) is 3.17. The van der Waals surface area contributed by atoms with E-state index < -0.39 is 30.5 Å². The fraction of sp³-hybridized carbons (Fsp3) is 0.818. The Morgan fingerprint density at radius 2 is 2.00 bits per heavy atom. The number of fused-ring (bicyclic) bond motifs is 2. The van der Waals surface area contributed by atoms with Crippen LogP contribution in [0.1, 0.15) is 19.3 Å². The van der Waals surface area contributed by atoms with Crippen molar-refractivity contribution in [2.75, 3.05) is 13.1 Å². The number of nitrogens with zero attached hydrogens (tertiary/aromatic N) is 1. The van der Waals surface area contributed by atoms with Gasteiger partial charge in [0.15, 0.2) is 0 Å². The normalized spacial score (nSPS) is 30.6. The Bertz CT molecular complexity index is 386. The smallest absolute Gasteiger partial charge is 0.405 e. The van der Waals surface area contributed by atoms with Crippen molar-refractivity contribution in [3.8, 4) is 0 Å². The molecule has 0 aromatic carbocycles. The Balaban J connectivity index is 1.87. The van der Waals surface area contributed by atoms with Crippen LogP contribution in [0.25, 0.3) is 0 Å². The summed E-state index contributed by atoms with van der Waals surface area (Å²) in [5.41, 5.74) is 0. The summed E-state index contributed by atoms with van der Waals surface area (Å²) in [5.74, 6) is -2.11. The highest BCUT2D eigenvalue weighted by molar-refractivity contribution is 5.78. The van der Waals surface area contributed by atoms with Crippen LogP contribution in [0, 0.1) is 5.92 Å². The summed E-state index contributed by atoms with van der Waals surface area (Å²) in [6.07, 6.45) is -2.45. The van der Waals surface area contributed by atoms with Gasteiger partial charge in [-0.1, -0.05) is 0 Å². The molecule has 2 aliphatic rings. The molecule has 2 N–H and O–H groups in total. The third-order valence-electron chi connectivity index (χ3n) is 3.81. The first-order valence-corrected chi connectivity index (χ1v) is 6.10. The summed E-state index contributed by atoms with van der Waals surface area (Å²) in [7, 11) is 0. The molecule has 0 aromatic rings. The molecule has 108 valence electrons. The quantitative estimate of drug-likeness (QED) is 0.791. The van der Waals surface area contributed by atoms with Crippen molar-refractivity contribution >= 4 is 11.9 Å². The van der Waals surface area contributed by atoms with Crippen molar-refractivity contribution in [3.05, 3.63) is 0 Å². The number of halogens is 3. The van der Waals surface area contributed by atoms with Crippen LogP contribution >= 0.6 is 0 Å². The van der Waals surface area contributed by atoms with Crippen LogP contribution < -0.4 is 5.32 Å². The van der Waals surface area contributed by atoms with Crippen LogP contribution in [0.15, 0.2) is 0 Å². The zero-order valence-electron chi connectivity index (χ0n) is 10.1. The van der Waals surface area contributed by atoms with Gasteiger partial charge in [0.1, 0.15) is 6.54 Å². The standard InChI is InChI=1S/C11H15F3N2O3/c12-11(13,14)5-15-9(17)4-16-6-1-2-8(16)7(3-6)10(18)19/h6-8H,1-5H2,(H,15,17)(H,18,19). The molecule has 0 aliphatic carbocycles. The molecule has 2 saturated heterocycles. The summed E-state index contributed by atoms with van der Waals surface area (Å²) in [5, 5.41) is 10.8. The first kappa shape index (κ1) is 14.1. The number of alkyl halides is 3. The number of carboxylic acids is 1. The van der Waals surface area contributed by atoms with Gasteiger partial charge >= 0.3 is 12.1 Å². The lowest BCUT2D eigenvalue weighted by molar-refractivity contribution is -0.143. The van der Waals surface area contributed by atoms with E-state index in [2.05, 4.69) is 0 Å². The molecule has 8 heteroatoms. The molecule has 19 heavy (non-hydrogen) atoms. The van der Waals surface area contributed by atoms with Gasteiger partial charge in [-0.25, -0.2) is 0 Å². The molecule has 0 saturated carbocycles. The number of carboxylic acid groups (broad SMARTS) is 1. The maximum Gasteiger partial charge on any atom is 0.405 e. The SMILES string of the molecule is O=C(CN1C2CCC1C(C(=O)O)C2)NCC(F)(F)F. The van der Waals surface area contributed by atoms with E-state index in [9.17, 15) is 22.8 Å². The molecule has 1 amide bonds. The largest absolute Gasteiger partial charge is 0.481 e. The van der Waals surface area contributed by atoms with Crippen LogP contribution in [0.5, 0.6) is 0 Å². The number of rotatable bonds is 4. The van der Waals surface area contributed by atoms with E-state index in [0.717, 1.165) is 6.42 Å². The number of hydrogen-bond donors (Lipinski definition) is 2. The average Bonchev–Trinajstić information content (AvgIpc) is 2.83. The summed E-state index contributed by atoms with van der Waals surface area (Å²) < 4.78 is 35.9. The highest BCUT2D eigenvalue weighted by Crippen LogP contribution is 2.41. The minimum absolute atomic E-state index is 0.00253. The Hall–Kier alpha value is -1.31. The minimum Gasteiger partial charge on any atom is -0.481 e. The van der Waals surface area contributed by atoms with Gasteiger partial charge in [-0.05, 0) is 19.3 Å². The van der Waals surface area contributed by atoms with E-state index >= 15 is 0 Å². The number of amides is 1. The van der Waals surface area contributed by atoms with Crippen molar-refractivity contribution in [1.82, 2.24) is 10.2 Å². The Labute approximate surface area is 107 Å². The molecule has 3 unspecified atom stereocenters. The second-order valence-corrected chi connectivity index (χ2v) is 5.04. The third-order valence-corrected chi connectivity index (χ3v) is 3.81. The lowest BCUT2D eigenvalue weighted by Crippen LogP contribution is -2.43. The van der Waals surface area contributed by atoms with E-state index in [1.165, 1.54) is 0 Å². The molecule has 2 heterocycles. The first-order chi connectivity index (χ1) is 8.78. The molecule has 2 aliphatic heterocycles. The summed E-state index contributed by atoms with van der Waals surface area (Å²) in [6.45, 7) is -1.51. The van der Waals surface area contributed by atoms with Gasteiger partial charge in [-0.2, -0.15) is 13.2 Å². The first-order valence-electron chi connectivity index (χ1n) is 6.10. The molecule has 2 rings (SSSR count). The van der Waals surface area contributed by atoms with Crippen molar-refractivity contribution in [3.63, 3.8) is 0 Å². The van der Waals surface area contributed by atoms with Crippen molar-refractivity contribution in [1.29, 1.82) is 0 Å². The van der Waals surface area contributed by atoms with Gasteiger partial charge in [0, 0.05) is 12.1 Å². The zero-order valence-corrected chi connectivity index (χ0v) is 10.1. The van der Waals surface area contributed by atoms with Crippen LogP contribution in [0.4, 0.5) is 13.2 Å². The van der Waals surface area contributed by atoms with Crippen LogP contribution in [-0.4, -0.2) is 53.2 Å². The summed E-state index contributed by atoms with van der Waals surface area (Å²) in [4.78, 5) is 24.2. The predicted octanol–water partition coefficient (Wildman–Crippen LogP) is 0.602. The Morgan fingerprint density at radius 3 is 2.53 bits per heavy atom. The molecule has 2 fully saturated rings. The molecule has 0 aromatic heterocycles. The van der Waals surface area contributed by atoms with Gasteiger partial charge in [0.25, 0.3) is 0 Å². The highest BCUT2D eigenvalue weighted by atomic mass is 19.4. The van der Waals surface area contributed by atoms with Gasteiger partial charge in [-0.15, -0.1) is 0 Å². The molecule has 2 bridgehead atoms. The topological polar surface area (TPSA) is 69.6 Å². The lowest BCUT2D eigenvalue weighted by Gasteiger charge is -2.22. The summed E-state index contributed by atoms with van der Waals surface area (Å²) >= 11 is 0. The van der Waals surface area contributed by atoms with E-state index in [1.807, 2.05) is 5.32 Å². The number of nitrogens with one attached hydrogen (secondary N) is 1. The molecular weight excluding hydrogens is 265 g/mol. The maximum absolute atomic E-state index is 12.0. The molecular formula is C11H15F3N2O3. The Morgan fingerprint density at radius 1 is 1.32 bits per heavy atom. The zero-order chi connectivity index (χ0) is 14.2. The molecule has 3 atom stereocenters. The highest BCUT2D eigenvalue weighted by Gasteiger charge is 2.49. The van der Waals surface area contributed by atoms with E-state index in [0.29, 0.717) is 12.8 Å². The van der Waals surface area contributed by atoms with Crippen molar-refractivity contribution in [2.24, 2.45) is 5.92 Å². The predicted molar refractivity (Wildman–Crippen MR) is 58.3 cm³/mol. The van der Waals surface area contributed by atoms with Crippen LogP contribution in [-0.2, 0) is 9.59 Å².